The van der Waals surface area contributed by atoms with Gasteiger partial charge in [0.25, 0.3) is 0 Å². The zero-order chi connectivity index (χ0) is 62.4. The molecule has 0 aliphatic heterocycles. The fourth-order valence-electron chi connectivity index (χ4n) is 13.4. The van der Waals surface area contributed by atoms with E-state index in [1.54, 1.807) is 15.5 Å². The molecule has 0 N–H and O–H groups in total. The quantitative estimate of drug-likeness (QED) is 0.0281. The molecule has 7 rings (SSSR count). The van der Waals surface area contributed by atoms with Gasteiger partial charge in [0.2, 0.25) is 0 Å². The summed E-state index contributed by atoms with van der Waals surface area (Å²) in [7, 11) is 0. The minimum atomic E-state index is -2.39. The third-order valence-corrected chi connectivity index (χ3v) is 44.8. The van der Waals surface area contributed by atoms with Gasteiger partial charge in [0.05, 0.1) is 0 Å². The predicted octanol–water partition coefficient (Wildman–Crippen LogP) is 28.9. The number of nitrogens with zero attached hydrogens (tertiary/aromatic N) is 2. The average Bonchev–Trinajstić information content (AvgIpc) is 1.62. The number of benzene rings is 1. The van der Waals surface area contributed by atoms with Crippen molar-refractivity contribution in [2.75, 3.05) is 0 Å². The topological polar surface area (TPSA) is 25.8 Å². The van der Waals surface area contributed by atoms with E-state index < -0.39 is 36.8 Å². The van der Waals surface area contributed by atoms with Gasteiger partial charge in [-0.1, -0.05) is 285 Å². The van der Waals surface area contributed by atoms with Gasteiger partial charge in [0.15, 0.2) is 0 Å². The Morgan fingerprint density at radius 1 is 0.295 bits per heavy atom. The van der Waals surface area contributed by atoms with E-state index in [-0.39, 0.29) is 0 Å². The Kier molecular flexibility index (Phi) is 35.2. The van der Waals surface area contributed by atoms with Crippen molar-refractivity contribution in [3.8, 4) is 40.7 Å². The molecular weight excluding hydrogens is 1390 g/mol. The van der Waals surface area contributed by atoms with Crippen LogP contribution in [0, 0.1) is 11.8 Å². The van der Waals surface area contributed by atoms with E-state index in [4.69, 9.17) is 9.97 Å². The second kappa shape index (κ2) is 41.4. The molecule has 0 bridgehead atoms. The zero-order valence-electron chi connectivity index (χ0n) is 57.8. The molecule has 0 fully saturated rings. The molecule has 2 unspecified atom stereocenters. The number of fused-ring (bicyclic) bond motifs is 2. The molecule has 0 aliphatic carbocycles. The Bertz CT molecular complexity index is 2710. The molecule has 2 atom stereocenters. The maximum atomic E-state index is 5.90. The number of rotatable bonds is 50. The van der Waals surface area contributed by atoms with Crippen molar-refractivity contribution >= 4 is 131 Å². The first-order valence-corrected chi connectivity index (χ1v) is 61.8. The number of unbranched alkanes of at least 4 members (excludes halogenated alkanes) is 32. The van der Waals surface area contributed by atoms with Crippen LogP contribution in [0.3, 0.4) is 0 Å². The fourth-order valence-corrected chi connectivity index (χ4v) is 30.8. The first-order valence-electron chi connectivity index (χ1n) is 37.0. The summed E-state index contributed by atoms with van der Waals surface area (Å²) in [6.45, 7) is 9.33. The van der Waals surface area contributed by atoms with Crippen molar-refractivity contribution in [1.29, 1.82) is 0 Å². The van der Waals surface area contributed by atoms with Crippen LogP contribution in [0.2, 0.25) is 29.6 Å². The molecule has 7 aromatic rings. The van der Waals surface area contributed by atoms with Gasteiger partial charge in [0.1, 0.15) is 0 Å². The summed E-state index contributed by atoms with van der Waals surface area (Å²) in [6, 6.07) is 19.8. The molecule has 0 aliphatic rings. The molecule has 0 saturated carbocycles. The summed E-state index contributed by atoms with van der Waals surface area (Å²) in [6.07, 6.45) is 58.7. The van der Waals surface area contributed by atoms with Crippen LogP contribution in [0.1, 0.15) is 294 Å². The van der Waals surface area contributed by atoms with Crippen LogP contribution in [0.5, 0.6) is 0 Å². The van der Waals surface area contributed by atoms with Gasteiger partial charge in [0, 0.05) is 0 Å². The molecule has 0 radical (unpaired) electrons. The van der Waals surface area contributed by atoms with E-state index in [0.29, 0.717) is 0 Å². The normalized spacial score (nSPS) is 13.1. The van der Waals surface area contributed by atoms with Crippen molar-refractivity contribution in [2.45, 2.75) is 327 Å². The fraction of sp³-hybridized carbons (Fsp3) is 0.692. The average molecular weight is 1520 g/mol. The zero-order valence-corrected chi connectivity index (χ0v) is 68.4. The van der Waals surface area contributed by atoms with Crippen molar-refractivity contribution in [1.82, 2.24) is 9.97 Å². The Morgan fingerprint density at radius 3 is 0.818 bits per heavy atom. The van der Waals surface area contributed by atoms with Crippen LogP contribution in [-0.4, -0.2) is 46.7 Å². The molecule has 6 aromatic heterocycles. The monoisotopic (exact) mass is 1520 g/mol. The number of aromatic nitrogens is 2. The molecule has 2 nitrogen and oxygen atoms in total. The Labute approximate surface area is 572 Å². The molecule has 1 aromatic carbocycles. The minimum absolute atomic E-state index is 0.777. The second-order valence-electron chi connectivity index (χ2n) is 29.1. The molecule has 0 spiro atoms. The van der Waals surface area contributed by atoms with Gasteiger partial charge >= 0.3 is 294 Å². The third kappa shape index (κ3) is 25.2. The summed E-state index contributed by atoms with van der Waals surface area (Å²) < 4.78 is 5.96. The van der Waals surface area contributed by atoms with Crippen LogP contribution in [0.4, 0.5) is 0 Å². The van der Waals surface area contributed by atoms with E-state index in [9.17, 15) is 0 Å². The number of thiazole rings is 2. The summed E-state index contributed by atoms with van der Waals surface area (Å²) >= 11 is 7.39. The molecule has 10 heteroatoms. The van der Waals surface area contributed by atoms with E-state index >= 15 is 0 Å². The molecular formula is C78H124N2S6Sn2. The van der Waals surface area contributed by atoms with Crippen LogP contribution in [0.15, 0.2) is 48.5 Å². The van der Waals surface area contributed by atoms with Gasteiger partial charge in [-0.15, -0.1) is 0 Å². The Balaban J connectivity index is 1.17. The molecule has 490 valence electrons. The molecule has 88 heavy (non-hydrogen) atoms. The maximum absolute atomic E-state index is 5.90. The number of hydrogen-bond acceptors (Lipinski definition) is 8. The standard InChI is InChI=1S/C72H106N2S6.6CH3.2Sn/c1-5-9-13-17-21-25-27-31-35-39-45-57(43-37-33-29-23-19-15-11-7-3)55-59-49-51-63(77-59)71-73-67-65(61-47-41-53-75-61)70-68(66(69(67)79-71)62-48-42-54-76-62)74-72(80-70)64-52-50-60(78-64)56-58(44-38-34-30-24-20-16-12-8-4)46-40-36-32-28-26-22-18-14-10-6-2;;;;;;;;/h41-42,47-52,57-58H,5-40,43-46,55-56H2,1-4H3;6*1H3;;. The molecule has 0 saturated heterocycles. The van der Waals surface area contributed by atoms with Gasteiger partial charge in [-0.2, -0.15) is 0 Å². The second-order valence-corrected chi connectivity index (χ2v) is 66.4. The third-order valence-electron chi connectivity index (χ3n) is 19.0. The first-order chi connectivity index (χ1) is 42.8. The van der Waals surface area contributed by atoms with Gasteiger partial charge in [-0.3, -0.25) is 0 Å². The van der Waals surface area contributed by atoms with Crippen LogP contribution in [0.25, 0.3) is 61.1 Å². The van der Waals surface area contributed by atoms with Crippen LogP contribution < -0.4 is 5.79 Å². The SMILES string of the molecule is CCCCCCCCCCCCC(CCCCCCCCCC)Cc1ccc(-c2nc3c(-c4cc[c]([Sn]([CH3])([CH3])[CH3])s4)c4sc(-c5ccc(CC(CCCCCCCCCC)CCCCCCCCCCCC)s5)nc4c(-c4cc[c]([Sn]([CH3])([CH3])[CH3])s4)c3s2)s1. The summed E-state index contributed by atoms with van der Waals surface area (Å²) in [5.74, 6) is 1.55. The number of thiophene rings is 4. The molecule has 0 amide bonds. The summed E-state index contributed by atoms with van der Waals surface area (Å²) in [5.41, 5.74) is 5.10. The van der Waals surface area contributed by atoms with E-state index in [1.165, 1.54) is 331 Å². The predicted molar refractivity (Wildman–Crippen MR) is 414 cm³/mol. The van der Waals surface area contributed by atoms with Crippen molar-refractivity contribution in [3.63, 3.8) is 0 Å². The molecule has 6 heterocycles. The van der Waals surface area contributed by atoms with Gasteiger partial charge in [-0.25, -0.2) is 0 Å². The van der Waals surface area contributed by atoms with E-state index in [0.717, 1.165) is 11.8 Å². The van der Waals surface area contributed by atoms with Crippen LogP contribution >= 0.6 is 68.0 Å². The van der Waals surface area contributed by atoms with E-state index in [1.807, 2.05) is 22.7 Å². The van der Waals surface area contributed by atoms with Gasteiger partial charge in [-0.05, 0) is 0 Å². The van der Waals surface area contributed by atoms with Crippen LogP contribution in [-0.2, 0) is 12.8 Å². The van der Waals surface area contributed by atoms with Crippen molar-refractivity contribution < 1.29 is 0 Å². The van der Waals surface area contributed by atoms with E-state index in [2.05, 4.69) is 151 Å². The summed E-state index contributed by atoms with van der Waals surface area (Å²) in [5, 5.41) is 2.39. The summed E-state index contributed by atoms with van der Waals surface area (Å²) in [4.78, 5) is 35.9. The Morgan fingerprint density at radius 2 is 0.557 bits per heavy atom. The van der Waals surface area contributed by atoms with Crippen molar-refractivity contribution in [3.05, 3.63) is 58.3 Å². The van der Waals surface area contributed by atoms with Crippen molar-refractivity contribution in [2.24, 2.45) is 11.8 Å². The van der Waals surface area contributed by atoms with Gasteiger partial charge < -0.3 is 0 Å². The Hall–Kier alpha value is -0.603. The number of hydrogen-bond donors (Lipinski definition) is 0. The first kappa shape index (κ1) is 74.8.